The molecule has 0 spiro atoms. The lowest BCUT2D eigenvalue weighted by Gasteiger charge is -2.48. The predicted molar refractivity (Wildman–Crippen MR) is 81.5 cm³/mol. The Balaban J connectivity index is 0.00000133. The number of nitrogens with one attached hydrogen (secondary N) is 1. The lowest BCUT2D eigenvalue weighted by molar-refractivity contribution is 0.168. The van der Waals surface area contributed by atoms with E-state index in [0.717, 1.165) is 11.7 Å². The van der Waals surface area contributed by atoms with E-state index in [2.05, 4.69) is 37.4 Å². The van der Waals surface area contributed by atoms with Crippen molar-refractivity contribution in [3.63, 3.8) is 0 Å². The van der Waals surface area contributed by atoms with Gasteiger partial charge >= 0.3 is 0 Å². The maximum absolute atomic E-state index is 5.39. The molecule has 2 atom stereocenters. The second-order valence-electron chi connectivity index (χ2n) is 6.26. The lowest BCUT2D eigenvalue weighted by atomic mass is 9.61. The van der Waals surface area contributed by atoms with E-state index in [-0.39, 0.29) is 17.8 Å². The molecule has 0 saturated carbocycles. The molecule has 2 nitrogen and oxygen atoms in total. The van der Waals surface area contributed by atoms with Crippen LogP contribution >= 0.6 is 12.4 Å². The number of piperidine rings is 1. The smallest absolute Gasteiger partial charge is 0.119 e. The fraction of sp³-hybridized carbons (Fsp3) is 0.625. The second-order valence-corrected chi connectivity index (χ2v) is 6.26. The van der Waals surface area contributed by atoms with Gasteiger partial charge in [-0.15, -0.1) is 12.4 Å². The molecule has 0 unspecified atom stereocenters. The van der Waals surface area contributed by atoms with Crippen molar-refractivity contribution in [3.05, 3.63) is 29.3 Å². The van der Waals surface area contributed by atoms with Crippen LogP contribution in [0.5, 0.6) is 5.75 Å². The molecular formula is C16H24ClNO. The van der Waals surface area contributed by atoms with Crippen molar-refractivity contribution in [1.29, 1.82) is 0 Å². The summed E-state index contributed by atoms with van der Waals surface area (Å²) in [4.78, 5) is 0. The average molecular weight is 282 g/mol. The van der Waals surface area contributed by atoms with Crippen LogP contribution in [0.3, 0.4) is 0 Å². The van der Waals surface area contributed by atoms with Gasteiger partial charge in [0.05, 0.1) is 7.11 Å². The van der Waals surface area contributed by atoms with Crippen LogP contribution < -0.4 is 10.1 Å². The summed E-state index contributed by atoms with van der Waals surface area (Å²) in [6.07, 6.45) is 3.83. The first-order valence-electron chi connectivity index (χ1n) is 7.03. The van der Waals surface area contributed by atoms with E-state index >= 15 is 0 Å². The quantitative estimate of drug-likeness (QED) is 0.853. The maximum atomic E-state index is 5.39. The summed E-state index contributed by atoms with van der Waals surface area (Å²) in [6.45, 7) is 5.98. The van der Waals surface area contributed by atoms with Crippen LogP contribution in [0.1, 0.15) is 37.8 Å². The fourth-order valence-electron chi connectivity index (χ4n) is 3.93. The normalized spacial score (nSPS) is 27.7. The molecule has 1 N–H and O–H groups in total. The van der Waals surface area contributed by atoms with Crippen LogP contribution in [-0.4, -0.2) is 19.7 Å². The Kier molecular flexibility index (Phi) is 4.12. The Morgan fingerprint density at radius 1 is 1.32 bits per heavy atom. The van der Waals surface area contributed by atoms with Crippen molar-refractivity contribution in [2.24, 2.45) is 5.92 Å². The summed E-state index contributed by atoms with van der Waals surface area (Å²) in [6, 6.07) is 7.26. The SMILES string of the molecule is COc1ccc2c(c1)C(C)(C)[C@H]1CCCN[C@@H]1C2.Cl. The third-order valence-corrected chi connectivity index (χ3v) is 4.96. The van der Waals surface area contributed by atoms with Gasteiger partial charge in [-0.2, -0.15) is 0 Å². The van der Waals surface area contributed by atoms with E-state index in [1.807, 2.05) is 0 Å². The van der Waals surface area contributed by atoms with E-state index in [1.165, 1.54) is 36.9 Å². The average Bonchev–Trinajstić information content (AvgIpc) is 2.39. The summed E-state index contributed by atoms with van der Waals surface area (Å²) < 4.78 is 5.39. The Bertz CT molecular complexity index is 458. The number of methoxy groups -OCH3 is 1. The molecule has 3 heteroatoms. The van der Waals surface area contributed by atoms with Crippen LogP contribution in [0.4, 0.5) is 0 Å². The minimum absolute atomic E-state index is 0. The first-order chi connectivity index (χ1) is 8.63. The monoisotopic (exact) mass is 281 g/mol. The van der Waals surface area contributed by atoms with Crippen LogP contribution in [0.2, 0.25) is 0 Å². The van der Waals surface area contributed by atoms with E-state index in [4.69, 9.17) is 4.74 Å². The zero-order chi connectivity index (χ0) is 12.8. The third kappa shape index (κ3) is 2.36. The molecule has 106 valence electrons. The highest BCUT2D eigenvalue weighted by Crippen LogP contribution is 2.45. The van der Waals surface area contributed by atoms with Crippen molar-refractivity contribution in [2.75, 3.05) is 13.7 Å². The van der Waals surface area contributed by atoms with Gasteiger partial charge in [0.25, 0.3) is 0 Å². The Labute approximate surface area is 122 Å². The minimum Gasteiger partial charge on any atom is -0.497 e. The van der Waals surface area contributed by atoms with Gasteiger partial charge in [-0.05, 0) is 60.4 Å². The van der Waals surface area contributed by atoms with E-state index < -0.39 is 0 Å². The van der Waals surface area contributed by atoms with Crippen molar-refractivity contribution in [2.45, 2.75) is 44.6 Å². The van der Waals surface area contributed by atoms with Gasteiger partial charge < -0.3 is 10.1 Å². The largest absolute Gasteiger partial charge is 0.497 e. The predicted octanol–water partition coefficient (Wildman–Crippen LogP) is 3.32. The number of hydrogen-bond acceptors (Lipinski definition) is 2. The molecule has 1 fully saturated rings. The first-order valence-corrected chi connectivity index (χ1v) is 7.03. The molecule has 0 bridgehead atoms. The number of benzene rings is 1. The van der Waals surface area contributed by atoms with Gasteiger partial charge in [-0.3, -0.25) is 0 Å². The van der Waals surface area contributed by atoms with Gasteiger partial charge in [0.1, 0.15) is 5.75 Å². The molecule has 0 amide bonds. The first kappa shape index (κ1) is 14.7. The number of hydrogen-bond donors (Lipinski definition) is 1. The molecule has 19 heavy (non-hydrogen) atoms. The summed E-state index contributed by atoms with van der Waals surface area (Å²) in [5.74, 6) is 1.75. The van der Waals surface area contributed by atoms with Gasteiger partial charge in [0, 0.05) is 6.04 Å². The number of fused-ring (bicyclic) bond motifs is 2. The molecule has 2 aliphatic rings. The molecule has 1 aromatic carbocycles. The summed E-state index contributed by atoms with van der Waals surface area (Å²) >= 11 is 0. The number of rotatable bonds is 1. The molecule has 1 saturated heterocycles. The molecular weight excluding hydrogens is 258 g/mol. The molecule has 0 aromatic heterocycles. The van der Waals surface area contributed by atoms with E-state index in [1.54, 1.807) is 7.11 Å². The van der Waals surface area contributed by atoms with Crippen LogP contribution in [0.25, 0.3) is 0 Å². The summed E-state index contributed by atoms with van der Waals surface area (Å²) in [5.41, 5.74) is 3.24. The zero-order valence-corrected chi connectivity index (χ0v) is 12.8. The van der Waals surface area contributed by atoms with Crippen molar-refractivity contribution in [1.82, 2.24) is 5.32 Å². The van der Waals surface area contributed by atoms with Crippen LogP contribution in [0, 0.1) is 5.92 Å². The van der Waals surface area contributed by atoms with Gasteiger partial charge in [0.15, 0.2) is 0 Å². The van der Waals surface area contributed by atoms with Crippen LogP contribution in [0.15, 0.2) is 18.2 Å². The molecule has 0 radical (unpaired) electrons. The van der Waals surface area contributed by atoms with Crippen LogP contribution in [-0.2, 0) is 11.8 Å². The highest BCUT2D eigenvalue weighted by atomic mass is 35.5. The minimum atomic E-state index is 0. The second kappa shape index (κ2) is 5.34. The van der Waals surface area contributed by atoms with E-state index in [9.17, 15) is 0 Å². The van der Waals surface area contributed by atoms with Crippen molar-refractivity contribution < 1.29 is 4.74 Å². The van der Waals surface area contributed by atoms with Gasteiger partial charge in [-0.1, -0.05) is 19.9 Å². The third-order valence-electron chi connectivity index (χ3n) is 4.96. The zero-order valence-electron chi connectivity index (χ0n) is 12.0. The van der Waals surface area contributed by atoms with Gasteiger partial charge in [-0.25, -0.2) is 0 Å². The standard InChI is InChI=1S/C16H23NO.ClH/c1-16(2)13-5-4-8-17-15(13)9-11-6-7-12(18-3)10-14(11)16;/h6-7,10,13,15,17H,4-5,8-9H2,1-3H3;1H/t13-,15+;/m0./s1. The summed E-state index contributed by atoms with van der Waals surface area (Å²) in [5, 5.41) is 3.71. The topological polar surface area (TPSA) is 21.3 Å². The Morgan fingerprint density at radius 2 is 2.11 bits per heavy atom. The highest BCUT2D eigenvalue weighted by Gasteiger charge is 2.43. The number of ether oxygens (including phenoxy) is 1. The Hall–Kier alpha value is -0.730. The molecule has 1 heterocycles. The Morgan fingerprint density at radius 3 is 2.84 bits per heavy atom. The lowest BCUT2D eigenvalue weighted by Crippen LogP contribution is -2.53. The molecule has 3 rings (SSSR count). The maximum Gasteiger partial charge on any atom is 0.119 e. The fourth-order valence-corrected chi connectivity index (χ4v) is 3.93. The highest BCUT2D eigenvalue weighted by molar-refractivity contribution is 5.85. The van der Waals surface area contributed by atoms with Gasteiger partial charge in [0.2, 0.25) is 0 Å². The molecule has 1 aliphatic heterocycles. The summed E-state index contributed by atoms with van der Waals surface area (Å²) in [7, 11) is 1.75. The van der Waals surface area contributed by atoms with Crippen molar-refractivity contribution >= 4 is 12.4 Å². The molecule has 1 aromatic rings. The van der Waals surface area contributed by atoms with Crippen molar-refractivity contribution in [3.8, 4) is 5.75 Å². The van der Waals surface area contributed by atoms with E-state index in [0.29, 0.717) is 6.04 Å². The number of halogens is 1. The molecule has 1 aliphatic carbocycles.